The first-order valence-corrected chi connectivity index (χ1v) is 7.65. The third kappa shape index (κ3) is 5.67. The standard InChI is InChI=1S/C17H23N5O/c1-13-6-4-7-14(12-13)17(23)19-16-9-8-15(20-21-16)18-10-5-11-22(2)3/h4,6-9,12H,5,10-11H2,1-3H3,(H,18,20)(H,19,21,23). The van der Waals surface area contributed by atoms with Crippen molar-refractivity contribution in [3.05, 3.63) is 47.5 Å². The lowest BCUT2D eigenvalue weighted by atomic mass is 10.1. The van der Waals surface area contributed by atoms with E-state index < -0.39 is 0 Å². The van der Waals surface area contributed by atoms with Crippen molar-refractivity contribution in [1.29, 1.82) is 0 Å². The lowest BCUT2D eigenvalue weighted by Crippen LogP contribution is -2.17. The van der Waals surface area contributed by atoms with Crippen molar-refractivity contribution in [2.75, 3.05) is 37.8 Å². The number of aromatic nitrogens is 2. The molecule has 6 heteroatoms. The highest BCUT2D eigenvalue weighted by Crippen LogP contribution is 2.09. The number of aryl methyl sites for hydroxylation is 1. The highest BCUT2D eigenvalue weighted by molar-refractivity contribution is 6.03. The molecule has 6 nitrogen and oxygen atoms in total. The fourth-order valence-corrected chi connectivity index (χ4v) is 2.08. The maximum absolute atomic E-state index is 12.1. The van der Waals surface area contributed by atoms with E-state index >= 15 is 0 Å². The number of rotatable bonds is 7. The second-order valence-electron chi connectivity index (χ2n) is 5.71. The third-order valence-electron chi connectivity index (χ3n) is 3.27. The fraction of sp³-hybridized carbons (Fsp3) is 0.353. The van der Waals surface area contributed by atoms with Gasteiger partial charge in [-0.05, 0) is 58.3 Å². The zero-order chi connectivity index (χ0) is 16.7. The molecule has 0 aliphatic heterocycles. The first kappa shape index (κ1) is 16.9. The minimum Gasteiger partial charge on any atom is -0.369 e. The third-order valence-corrected chi connectivity index (χ3v) is 3.27. The van der Waals surface area contributed by atoms with Crippen LogP contribution in [0.25, 0.3) is 0 Å². The van der Waals surface area contributed by atoms with Crippen molar-refractivity contribution in [3.63, 3.8) is 0 Å². The Morgan fingerprint density at radius 1 is 1.13 bits per heavy atom. The molecule has 0 fully saturated rings. The maximum Gasteiger partial charge on any atom is 0.256 e. The normalized spacial score (nSPS) is 10.6. The van der Waals surface area contributed by atoms with E-state index in [-0.39, 0.29) is 5.91 Å². The molecule has 0 atom stereocenters. The molecule has 122 valence electrons. The minimum atomic E-state index is -0.185. The maximum atomic E-state index is 12.1. The van der Waals surface area contributed by atoms with Gasteiger partial charge in [0.25, 0.3) is 5.91 Å². The molecule has 0 saturated heterocycles. The molecule has 1 heterocycles. The smallest absolute Gasteiger partial charge is 0.256 e. The monoisotopic (exact) mass is 313 g/mol. The molecule has 0 bridgehead atoms. The molecule has 1 aromatic carbocycles. The number of nitrogens with one attached hydrogen (secondary N) is 2. The Kier molecular flexibility index (Phi) is 6.05. The molecule has 0 aliphatic carbocycles. The van der Waals surface area contributed by atoms with Gasteiger partial charge in [0.15, 0.2) is 5.82 Å². The average molecular weight is 313 g/mol. The van der Waals surface area contributed by atoms with Crippen LogP contribution in [0.4, 0.5) is 11.6 Å². The Morgan fingerprint density at radius 3 is 2.52 bits per heavy atom. The van der Waals surface area contributed by atoms with Crippen LogP contribution >= 0.6 is 0 Å². The van der Waals surface area contributed by atoms with Crippen LogP contribution in [0.2, 0.25) is 0 Å². The Balaban J connectivity index is 1.86. The van der Waals surface area contributed by atoms with Crippen LogP contribution in [-0.2, 0) is 0 Å². The van der Waals surface area contributed by atoms with Gasteiger partial charge < -0.3 is 15.5 Å². The molecular weight excluding hydrogens is 290 g/mol. The van der Waals surface area contributed by atoms with Crippen molar-refractivity contribution in [3.8, 4) is 0 Å². The lowest BCUT2D eigenvalue weighted by molar-refractivity contribution is 0.102. The number of benzene rings is 1. The minimum absolute atomic E-state index is 0.185. The molecule has 0 spiro atoms. The molecular formula is C17H23N5O. The summed E-state index contributed by atoms with van der Waals surface area (Å²) < 4.78 is 0. The van der Waals surface area contributed by atoms with E-state index in [1.807, 2.05) is 45.3 Å². The number of nitrogens with zero attached hydrogens (tertiary/aromatic N) is 3. The molecule has 0 aliphatic rings. The summed E-state index contributed by atoms with van der Waals surface area (Å²) in [6.07, 6.45) is 1.03. The van der Waals surface area contributed by atoms with Crippen molar-refractivity contribution >= 4 is 17.5 Å². The Morgan fingerprint density at radius 2 is 1.87 bits per heavy atom. The van der Waals surface area contributed by atoms with Gasteiger partial charge in [-0.1, -0.05) is 17.7 Å². The number of hydrogen-bond donors (Lipinski definition) is 2. The van der Waals surface area contributed by atoms with Crippen molar-refractivity contribution in [2.24, 2.45) is 0 Å². The van der Waals surface area contributed by atoms with Gasteiger partial charge in [0.1, 0.15) is 5.82 Å². The molecule has 0 radical (unpaired) electrons. The second kappa shape index (κ2) is 8.24. The Bertz CT molecular complexity index is 640. The summed E-state index contributed by atoms with van der Waals surface area (Å²) >= 11 is 0. The largest absolute Gasteiger partial charge is 0.369 e. The van der Waals surface area contributed by atoms with E-state index in [0.717, 1.165) is 25.1 Å². The number of amides is 1. The number of hydrogen-bond acceptors (Lipinski definition) is 5. The van der Waals surface area contributed by atoms with Crippen LogP contribution < -0.4 is 10.6 Å². The number of carbonyl (C=O) groups is 1. The number of carbonyl (C=O) groups excluding carboxylic acids is 1. The van der Waals surface area contributed by atoms with Gasteiger partial charge in [-0.25, -0.2) is 0 Å². The average Bonchev–Trinajstić information content (AvgIpc) is 2.53. The van der Waals surface area contributed by atoms with Gasteiger partial charge in [-0.3, -0.25) is 4.79 Å². The predicted molar refractivity (Wildman–Crippen MR) is 92.8 cm³/mol. The second-order valence-corrected chi connectivity index (χ2v) is 5.71. The van der Waals surface area contributed by atoms with Gasteiger partial charge in [-0.15, -0.1) is 10.2 Å². The van der Waals surface area contributed by atoms with Gasteiger partial charge in [-0.2, -0.15) is 0 Å². The summed E-state index contributed by atoms with van der Waals surface area (Å²) in [5, 5.41) is 14.1. The van der Waals surface area contributed by atoms with Crippen molar-refractivity contribution in [1.82, 2.24) is 15.1 Å². The van der Waals surface area contributed by atoms with Crippen LogP contribution in [0.1, 0.15) is 22.3 Å². The van der Waals surface area contributed by atoms with Gasteiger partial charge >= 0.3 is 0 Å². The van der Waals surface area contributed by atoms with Crippen LogP contribution in [0.15, 0.2) is 36.4 Å². The zero-order valence-corrected chi connectivity index (χ0v) is 13.8. The lowest BCUT2D eigenvalue weighted by Gasteiger charge is -2.10. The fourth-order valence-electron chi connectivity index (χ4n) is 2.08. The van der Waals surface area contributed by atoms with E-state index in [9.17, 15) is 4.79 Å². The van der Waals surface area contributed by atoms with Crippen molar-refractivity contribution in [2.45, 2.75) is 13.3 Å². The first-order chi connectivity index (χ1) is 11.0. The van der Waals surface area contributed by atoms with Crippen molar-refractivity contribution < 1.29 is 4.79 Å². The van der Waals surface area contributed by atoms with E-state index in [1.54, 1.807) is 12.1 Å². The highest BCUT2D eigenvalue weighted by atomic mass is 16.1. The summed E-state index contributed by atoms with van der Waals surface area (Å²) in [7, 11) is 4.09. The SMILES string of the molecule is Cc1cccc(C(=O)Nc2ccc(NCCCN(C)C)nn2)c1. The van der Waals surface area contributed by atoms with Crippen LogP contribution in [0.3, 0.4) is 0 Å². The quantitative estimate of drug-likeness (QED) is 0.768. The summed E-state index contributed by atoms with van der Waals surface area (Å²) in [5.41, 5.74) is 1.65. The van der Waals surface area contributed by atoms with Crippen LogP contribution in [-0.4, -0.2) is 48.2 Å². The van der Waals surface area contributed by atoms with Gasteiger partial charge in [0, 0.05) is 12.1 Å². The summed E-state index contributed by atoms with van der Waals surface area (Å²) in [6.45, 7) is 3.81. The molecule has 2 N–H and O–H groups in total. The molecule has 1 aromatic heterocycles. The number of anilines is 2. The van der Waals surface area contributed by atoms with E-state index in [0.29, 0.717) is 17.2 Å². The van der Waals surface area contributed by atoms with Gasteiger partial charge in [0.05, 0.1) is 0 Å². The van der Waals surface area contributed by atoms with E-state index in [2.05, 4.69) is 25.7 Å². The Hall–Kier alpha value is -2.47. The molecule has 1 amide bonds. The molecule has 2 aromatic rings. The summed E-state index contributed by atoms with van der Waals surface area (Å²) in [4.78, 5) is 14.3. The molecule has 0 saturated carbocycles. The molecule has 0 unspecified atom stereocenters. The topological polar surface area (TPSA) is 70.2 Å². The van der Waals surface area contributed by atoms with Gasteiger partial charge in [0.2, 0.25) is 0 Å². The molecule has 2 rings (SSSR count). The van der Waals surface area contributed by atoms with Crippen LogP contribution in [0, 0.1) is 6.92 Å². The predicted octanol–water partition coefficient (Wildman–Crippen LogP) is 2.40. The summed E-state index contributed by atoms with van der Waals surface area (Å²) in [5.74, 6) is 0.961. The molecule has 23 heavy (non-hydrogen) atoms. The Labute approximate surface area is 136 Å². The van der Waals surface area contributed by atoms with Crippen LogP contribution in [0.5, 0.6) is 0 Å². The zero-order valence-electron chi connectivity index (χ0n) is 13.8. The van der Waals surface area contributed by atoms with E-state index in [4.69, 9.17) is 0 Å². The summed E-state index contributed by atoms with van der Waals surface area (Å²) in [6, 6.07) is 11.0. The highest BCUT2D eigenvalue weighted by Gasteiger charge is 2.07. The first-order valence-electron chi connectivity index (χ1n) is 7.65. The van der Waals surface area contributed by atoms with E-state index in [1.165, 1.54) is 0 Å².